The fourth-order valence-corrected chi connectivity index (χ4v) is 3.93. The first-order valence-electron chi connectivity index (χ1n) is 10.2. The van der Waals surface area contributed by atoms with Crippen LogP contribution in [0.3, 0.4) is 0 Å². The molecule has 8 heteroatoms. The van der Waals surface area contributed by atoms with Crippen LogP contribution in [0.1, 0.15) is 51.0 Å². The van der Waals surface area contributed by atoms with Crippen molar-refractivity contribution in [1.82, 2.24) is 25.6 Å². The summed E-state index contributed by atoms with van der Waals surface area (Å²) in [5.41, 5.74) is 1.05. The summed E-state index contributed by atoms with van der Waals surface area (Å²) in [5.74, 6) is 2.16. The Morgan fingerprint density at radius 1 is 1.22 bits per heavy atom. The van der Waals surface area contributed by atoms with Crippen LogP contribution in [0.5, 0.6) is 0 Å². The summed E-state index contributed by atoms with van der Waals surface area (Å²) in [6, 6.07) is 2.64. The quantitative estimate of drug-likeness (QED) is 0.331. The summed E-state index contributed by atoms with van der Waals surface area (Å²) < 4.78 is 5.49. The number of piperazine rings is 3. The Morgan fingerprint density at radius 2 is 1.96 bits per heavy atom. The average molecular weight is 490 g/mol. The highest BCUT2D eigenvalue weighted by atomic mass is 127. The van der Waals surface area contributed by atoms with Crippen LogP contribution in [0.15, 0.2) is 15.6 Å². The van der Waals surface area contributed by atoms with Gasteiger partial charge in [0.15, 0.2) is 11.7 Å². The van der Waals surface area contributed by atoms with Gasteiger partial charge in [-0.3, -0.25) is 9.80 Å². The van der Waals surface area contributed by atoms with E-state index in [2.05, 4.69) is 57.4 Å². The third kappa shape index (κ3) is 6.05. The van der Waals surface area contributed by atoms with Crippen LogP contribution in [0.25, 0.3) is 0 Å². The average Bonchev–Trinajstić information content (AvgIpc) is 3.15. The van der Waals surface area contributed by atoms with Crippen LogP contribution in [0.2, 0.25) is 0 Å². The Hall–Kier alpha value is -0.870. The van der Waals surface area contributed by atoms with Crippen molar-refractivity contribution in [2.45, 2.75) is 52.1 Å². The molecule has 7 nitrogen and oxygen atoms in total. The van der Waals surface area contributed by atoms with Crippen LogP contribution in [-0.4, -0.2) is 72.8 Å². The summed E-state index contributed by atoms with van der Waals surface area (Å²) in [6.07, 6.45) is 2.18. The first-order valence-corrected chi connectivity index (χ1v) is 10.2. The van der Waals surface area contributed by atoms with Gasteiger partial charge in [0, 0.05) is 63.8 Å². The maximum absolute atomic E-state index is 5.49. The molecule has 4 rings (SSSR count). The molecule has 1 aromatic rings. The molecular formula is C19H35IN6O. The van der Waals surface area contributed by atoms with Gasteiger partial charge in [-0.05, 0) is 19.8 Å². The summed E-state index contributed by atoms with van der Waals surface area (Å²) in [5, 5.41) is 11.1. The smallest absolute Gasteiger partial charge is 0.191 e. The largest absolute Gasteiger partial charge is 0.359 e. The lowest BCUT2D eigenvalue weighted by atomic mass is 9.99. The maximum Gasteiger partial charge on any atom is 0.191 e. The Kier molecular flexibility index (Phi) is 9.31. The molecule has 1 atom stereocenters. The van der Waals surface area contributed by atoms with Gasteiger partial charge >= 0.3 is 0 Å². The lowest BCUT2D eigenvalue weighted by Gasteiger charge is -2.47. The van der Waals surface area contributed by atoms with Crippen molar-refractivity contribution in [1.29, 1.82) is 0 Å². The minimum Gasteiger partial charge on any atom is -0.359 e. The van der Waals surface area contributed by atoms with Gasteiger partial charge in [0.1, 0.15) is 6.54 Å². The van der Waals surface area contributed by atoms with E-state index in [9.17, 15) is 0 Å². The first kappa shape index (κ1) is 22.4. The molecule has 27 heavy (non-hydrogen) atoms. The normalized spacial score (nSPS) is 24.7. The maximum atomic E-state index is 5.49. The molecule has 0 saturated carbocycles. The van der Waals surface area contributed by atoms with Gasteiger partial charge < -0.3 is 15.2 Å². The molecule has 3 fully saturated rings. The van der Waals surface area contributed by atoms with Gasteiger partial charge in [0.25, 0.3) is 0 Å². The van der Waals surface area contributed by atoms with Gasteiger partial charge in [-0.25, -0.2) is 4.99 Å². The summed E-state index contributed by atoms with van der Waals surface area (Å²) in [6.45, 7) is 14.7. The van der Waals surface area contributed by atoms with Gasteiger partial charge in [-0.2, -0.15) is 0 Å². The van der Waals surface area contributed by atoms with Crippen molar-refractivity contribution in [2.24, 2.45) is 4.99 Å². The second kappa shape index (κ2) is 11.2. The first-order chi connectivity index (χ1) is 12.7. The number of guanidine groups is 1. The van der Waals surface area contributed by atoms with Crippen molar-refractivity contribution in [2.75, 3.05) is 45.8 Å². The van der Waals surface area contributed by atoms with E-state index in [-0.39, 0.29) is 24.0 Å². The highest BCUT2D eigenvalue weighted by molar-refractivity contribution is 14.0. The summed E-state index contributed by atoms with van der Waals surface area (Å²) >= 11 is 0. The molecule has 2 N–H and O–H groups in total. The number of fused-ring (bicyclic) bond motifs is 3. The number of rotatable bonds is 8. The van der Waals surface area contributed by atoms with E-state index < -0.39 is 0 Å². The van der Waals surface area contributed by atoms with Gasteiger partial charge in [-0.15, -0.1) is 24.0 Å². The number of halogens is 1. The highest BCUT2D eigenvalue weighted by Gasteiger charge is 2.31. The van der Waals surface area contributed by atoms with E-state index in [0.717, 1.165) is 49.9 Å². The van der Waals surface area contributed by atoms with E-state index in [1.54, 1.807) is 0 Å². The van der Waals surface area contributed by atoms with Crippen LogP contribution < -0.4 is 10.6 Å². The molecule has 0 radical (unpaired) electrons. The van der Waals surface area contributed by atoms with Gasteiger partial charge in [0.2, 0.25) is 0 Å². The zero-order valence-corrected chi connectivity index (χ0v) is 19.2. The fourth-order valence-electron chi connectivity index (χ4n) is 3.93. The lowest BCUT2D eigenvalue weighted by molar-refractivity contribution is 0.0154. The second-order valence-corrected chi connectivity index (χ2v) is 7.30. The Labute approximate surface area is 180 Å². The number of hydrogen-bond donors (Lipinski definition) is 2. The Bertz CT molecular complexity index is 581. The molecule has 3 aliphatic heterocycles. The number of aliphatic imine (C=N–C) groups is 1. The SMILES string of the molecule is CCNC(=NCc1cc(C(CC)CC)no1)NCC1CN2CCN1CC2.I. The van der Waals surface area contributed by atoms with Gasteiger partial charge in [-0.1, -0.05) is 19.0 Å². The molecule has 2 bridgehead atoms. The van der Waals surface area contributed by atoms with E-state index in [1.165, 1.54) is 26.2 Å². The predicted molar refractivity (Wildman–Crippen MR) is 120 cm³/mol. The highest BCUT2D eigenvalue weighted by Crippen LogP contribution is 2.22. The summed E-state index contributed by atoms with van der Waals surface area (Å²) in [4.78, 5) is 9.84. The molecule has 0 aromatic carbocycles. The number of nitrogens with one attached hydrogen (secondary N) is 2. The minimum absolute atomic E-state index is 0. The van der Waals surface area contributed by atoms with Crippen molar-refractivity contribution in [3.63, 3.8) is 0 Å². The van der Waals surface area contributed by atoms with Crippen molar-refractivity contribution in [3.8, 4) is 0 Å². The Balaban J connectivity index is 0.00000261. The predicted octanol–water partition coefficient (Wildman–Crippen LogP) is 2.25. The molecule has 1 aromatic heterocycles. The van der Waals surface area contributed by atoms with Crippen LogP contribution >= 0.6 is 24.0 Å². The van der Waals surface area contributed by atoms with E-state index in [0.29, 0.717) is 18.5 Å². The molecule has 1 unspecified atom stereocenters. The molecule has 0 amide bonds. The summed E-state index contributed by atoms with van der Waals surface area (Å²) in [7, 11) is 0. The lowest BCUT2D eigenvalue weighted by Crippen LogP contribution is -2.63. The molecule has 0 spiro atoms. The van der Waals surface area contributed by atoms with Crippen molar-refractivity contribution >= 4 is 29.9 Å². The number of aromatic nitrogens is 1. The standard InChI is InChI=1S/C19H34N6O.HI/c1-4-15(5-2)18-11-17(26-23-18)13-22-19(20-6-3)21-12-16-14-24-7-9-25(16)10-8-24;/h11,15-16H,4-10,12-14H2,1-3H3,(H2,20,21,22);1H. The van der Waals surface area contributed by atoms with Crippen molar-refractivity contribution < 1.29 is 4.52 Å². The molecule has 3 aliphatic rings. The molecule has 4 heterocycles. The second-order valence-electron chi connectivity index (χ2n) is 7.30. The van der Waals surface area contributed by atoms with Crippen LogP contribution in [0.4, 0.5) is 0 Å². The molecule has 0 aliphatic carbocycles. The van der Waals surface area contributed by atoms with E-state index in [1.807, 2.05) is 0 Å². The zero-order chi connectivity index (χ0) is 18.4. The zero-order valence-electron chi connectivity index (χ0n) is 16.9. The molecule has 154 valence electrons. The van der Waals surface area contributed by atoms with Crippen molar-refractivity contribution in [3.05, 3.63) is 17.5 Å². The minimum atomic E-state index is 0. The van der Waals surface area contributed by atoms with E-state index in [4.69, 9.17) is 4.52 Å². The monoisotopic (exact) mass is 490 g/mol. The molecular weight excluding hydrogens is 455 g/mol. The van der Waals surface area contributed by atoms with Crippen LogP contribution in [0, 0.1) is 0 Å². The van der Waals surface area contributed by atoms with Crippen LogP contribution in [-0.2, 0) is 6.54 Å². The van der Waals surface area contributed by atoms with Gasteiger partial charge in [0.05, 0.1) is 5.69 Å². The fraction of sp³-hybridized carbons (Fsp3) is 0.789. The Morgan fingerprint density at radius 3 is 2.56 bits per heavy atom. The third-order valence-corrected chi connectivity index (χ3v) is 5.62. The number of nitrogens with zero attached hydrogens (tertiary/aromatic N) is 4. The van der Waals surface area contributed by atoms with E-state index >= 15 is 0 Å². The topological polar surface area (TPSA) is 68.9 Å². The molecule has 3 saturated heterocycles. The third-order valence-electron chi connectivity index (χ3n) is 5.62. The number of hydrogen-bond acceptors (Lipinski definition) is 5.